The maximum absolute atomic E-state index is 11.8. The van der Waals surface area contributed by atoms with Crippen LogP contribution in [0.2, 0.25) is 5.02 Å². The van der Waals surface area contributed by atoms with Crippen LogP contribution >= 0.6 is 11.6 Å². The van der Waals surface area contributed by atoms with Crippen LogP contribution in [0.3, 0.4) is 0 Å². The van der Waals surface area contributed by atoms with Crippen molar-refractivity contribution in [2.75, 3.05) is 11.4 Å². The molecule has 0 saturated heterocycles. The lowest BCUT2D eigenvalue weighted by Crippen LogP contribution is -2.29. The summed E-state index contributed by atoms with van der Waals surface area (Å²) < 4.78 is 0. The molecule has 0 radical (unpaired) electrons. The normalized spacial score (nSPS) is 13.6. The van der Waals surface area contributed by atoms with E-state index < -0.39 is 5.97 Å². The van der Waals surface area contributed by atoms with E-state index in [1.807, 2.05) is 6.07 Å². The quantitative estimate of drug-likeness (QED) is 0.897. The highest BCUT2D eigenvalue weighted by Crippen LogP contribution is 2.31. The van der Waals surface area contributed by atoms with E-state index in [0.29, 0.717) is 11.6 Å². The van der Waals surface area contributed by atoms with Crippen molar-refractivity contribution in [3.05, 3.63) is 28.8 Å². The highest BCUT2D eigenvalue weighted by molar-refractivity contribution is 6.31. The smallest absolute Gasteiger partial charge is 0.303 e. The molecule has 0 aliphatic carbocycles. The molecule has 17 heavy (non-hydrogen) atoms. The summed E-state index contributed by atoms with van der Waals surface area (Å²) in [5, 5.41) is 9.14. The largest absolute Gasteiger partial charge is 0.481 e. The molecule has 1 aromatic rings. The van der Waals surface area contributed by atoms with Gasteiger partial charge in [0, 0.05) is 23.7 Å². The Bertz CT molecular complexity index is 473. The topological polar surface area (TPSA) is 57.6 Å². The molecule has 2 rings (SSSR count). The average Bonchev–Trinajstić information content (AvgIpc) is 2.68. The van der Waals surface area contributed by atoms with E-state index in [1.54, 1.807) is 17.0 Å². The Balaban J connectivity index is 2.13. The van der Waals surface area contributed by atoms with Gasteiger partial charge >= 0.3 is 5.97 Å². The number of carboxylic acids is 1. The molecule has 1 aromatic carbocycles. The number of carboxylic acid groups (broad SMARTS) is 1. The molecular weight excluding hydrogens is 242 g/mol. The van der Waals surface area contributed by atoms with Gasteiger partial charge in [-0.05, 0) is 24.1 Å². The van der Waals surface area contributed by atoms with Crippen molar-refractivity contribution in [3.8, 4) is 0 Å². The molecule has 0 aromatic heterocycles. The van der Waals surface area contributed by atoms with Crippen molar-refractivity contribution in [1.82, 2.24) is 0 Å². The van der Waals surface area contributed by atoms with Crippen LogP contribution < -0.4 is 4.90 Å². The molecule has 1 amide bonds. The second-order valence-corrected chi connectivity index (χ2v) is 4.40. The summed E-state index contributed by atoms with van der Waals surface area (Å²) in [6.07, 6.45) is 0.692. The summed E-state index contributed by atoms with van der Waals surface area (Å²) in [4.78, 5) is 23.9. The maximum Gasteiger partial charge on any atom is 0.303 e. The van der Waals surface area contributed by atoms with Gasteiger partial charge in [-0.25, -0.2) is 0 Å². The standard InChI is InChI=1S/C12H12ClNO3/c13-9-2-1-8-5-6-14(10(8)7-9)11(15)3-4-12(16)17/h1-2,7H,3-6H2,(H,16,17). The first-order valence-electron chi connectivity index (χ1n) is 5.38. The third-order valence-electron chi connectivity index (χ3n) is 2.80. The molecular formula is C12H12ClNO3. The fourth-order valence-electron chi connectivity index (χ4n) is 1.96. The zero-order valence-corrected chi connectivity index (χ0v) is 9.91. The fraction of sp³-hybridized carbons (Fsp3) is 0.333. The van der Waals surface area contributed by atoms with Crippen molar-refractivity contribution in [3.63, 3.8) is 0 Å². The fourth-order valence-corrected chi connectivity index (χ4v) is 2.13. The van der Waals surface area contributed by atoms with Crippen molar-refractivity contribution in [2.24, 2.45) is 0 Å². The van der Waals surface area contributed by atoms with Crippen molar-refractivity contribution in [1.29, 1.82) is 0 Å². The van der Waals surface area contributed by atoms with Crippen LogP contribution in [-0.4, -0.2) is 23.5 Å². The average molecular weight is 254 g/mol. The SMILES string of the molecule is O=C(O)CCC(=O)N1CCc2ccc(Cl)cc21. The summed E-state index contributed by atoms with van der Waals surface area (Å²) in [5.74, 6) is -1.11. The molecule has 0 spiro atoms. The Kier molecular flexibility index (Phi) is 3.33. The van der Waals surface area contributed by atoms with Gasteiger partial charge in [-0.15, -0.1) is 0 Å². The van der Waals surface area contributed by atoms with Crippen LogP contribution in [0.4, 0.5) is 5.69 Å². The number of rotatable bonds is 3. The predicted molar refractivity (Wildman–Crippen MR) is 64.4 cm³/mol. The maximum atomic E-state index is 11.8. The van der Waals surface area contributed by atoms with E-state index >= 15 is 0 Å². The molecule has 4 nitrogen and oxygen atoms in total. The highest BCUT2D eigenvalue weighted by Gasteiger charge is 2.24. The Morgan fingerprint density at radius 3 is 2.82 bits per heavy atom. The Morgan fingerprint density at radius 1 is 1.35 bits per heavy atom. The number of amides is 1. The molecule has 0 bridgehead atoms. The third kappa shape index (κ3) is 2.58. The Labute approximate surface area is 104 Å². The summed E-state index contributed by atoms with van der Waals surface area (Å²) in [7, 11) is 0. The van der Waals surface area contributed by atoms with E-state index in [0.717, 1.165) is 17.7 Å². The third-order valence-corrected chi connectivity index (χ3v) is 3.03. The van der Waals surface area contributed by atoms with E-state index in [1.165, 1.54) is 0 Å². The number of hydrogen-bond acceptors (Lipinski definition) is 2. The zero-order chi connectivity index (χ0) is 12.4. The van der Waals surface area contributed by atoms with Gasteiger partial charge in [-0.3, -0.25) is 9.59 Å². The number of carbonyl (C=O) groups is 2. The van der Waals surface area contributed by atoms with Gasteiger partial charge in [-0.1, -0.05) is 17.7 Å². The van der Waals surface area contributed by atoms with E-state index in [9.17, 15) is 9.59 Å². The molecule has 1 heterocycles. The minimum Gasteiger partial charge on any atom is -0.481 e. The number of benzene rings is 1. The van der Waals surface area contributed by atoms with Crippen LogP contribution in [0.25, 0.3) is 0 Å². The van der Waals surface area contributed by atoms with E-state index in [4.69, 9.17) is 16.7 Å². The first-order valence-corrected chi connectivity index (χ1v) is 5.76. The molecule has 0 unspecified atom stereocenters. The number of anilines is 1. The van der Waals surface area contributed by atoms with Gasteiger partial charge in [0.05, 0.1) is 6.42 Å². The van der Waals surface area contributed by atoms with Gasteiger partial charge in [0.2, 0.25) is 5.91 Å². The zero-order valence-electron chi connectivity index (χ0n) is 9.15. The first kappa shape index (κ1) is 11.9. The molecule has 90 valence electrons. The van der Waals surface area contributed by atoms with Crippen LogP contribution in [-0.2, 0) is 16.0 Å². The lowest BCUT2D eigenvalue weighted by Gasteiger charge is -2.16. The number of carbonyl (C=O) groups excluding carboxylic acids is 1. The molecule has 1 aliphatic rings. The molecule has 5 heteroatoms. The minimum absolute atomic E-state index is 0.0291. The summed E-state index contributed by atoms with van der Waals surface area (Å²) in [6, 6.07) is 5.45. The molecule has 1 aliphatic heterocycles. The first-order chi connectivity index (χ1) is 8.08. The van der Waals surface area contributed by atoms with Gasteiger partial charge in [-0.2, -0.15) is 0 Å². The second kappa shape index (κ2) is 4.75. The van der Waals surface area contributed by atoms with Gasteiger partial charge in [0.1, 0.15) is 0 Å². The number of halogens is 1. The van der Waals surface area contributed by atoms with Crippen LogP contribution in [0.1, 0.15) is 18.4 Å². The minimum atomic E-state index is -0.955. The Morgan fingerprint density at radius 2 is 2.12 bits per heavy atom. The number of fused-ring (bicyclic) bond motifs is 1. The highest BCUT2D eigenvalue weighted by atomic mass is 35.5. The van der Waals surface area contributed by atoms with Crippen molar-refractivity contribution >= 4 is 29.2 Å². The van der Waals surface area contributed by atoms with Crippen molar-refractivity contribution < 1.29 is 14.7 Å². The van der Waals surface area contributed by atoms with Crippen molar-refractivity contribution in [2.45, 2.75) is 19.3 Å². The van der Waals surface area contributed by atoms with Gasteiger partial charge < -0.3 is 10.0 Å². The molecule has 0 atom stereocenters. The van der Waals surface area contributed by atoms with Gasteiger partial charge in [0.25, 0.3) is 0 Å². The van der Waals surface area contributed by atoms with Crippen LogP contribution in [0.5, 0.6) is 0 Å². The second-order valence-electron chi connectivity index (χ2n) is 3.96. The molecule has 0 fully saturated rings. The molecule has 1 N–H and O–H groups in total. The van der Waals surface area contributed by atoms with Crippen LogP contribution in [0.15, 0.2) is 18.2 Å². The number of hydrogen-bond donors (Lipinski definition) is 1. The van der Waals surface area contributed by atoms with Gasteiger partial charge in [0.15, 0.2) is 0 Å². The van der Waals surface area contributed by atoms with E-state index in [2.05, 4.69) is 0 Å². The summed E-state index contributed by atoms with van der Waals surface area (Å²) in [6.45, 7) is 0.605. The lowest BCUT2D eigenvalue weighted by molar-refractivity contribution is -0.138. The van der Waals surface area contributed by atoms with Crippen LogP contribution in [0, 0.1) is 0 Å². The summed E-state index contributed by atoms with van der Waals surface area (Å²) in [5.41, 5.74) is 1.89. The van der Waals surface area contributed by atoms with E-state index in [-0.39, 0.29) is 18.7 Å². The lowest BCUT2D eigenvalue weighted by atomic mass is 10.2. The predicted octanol–water partition coefficient (Wildman–Crippen LogP) is 2.09. The molecule has 0 saturated carbocycles. The Hall–Kier alpha value is -1.55. The monoisotopic (exact) mass is 253 g/mol. The number of nitrogens with zero attached hydrogens (tertiary/aromatic N) is 1. The summed E-state index contributed by atoms with van der Waals surface area (Å²) >= 11 is 5.89. The number of aliphatic carboxylic acids is 1.